The molecule has 1 fully saturated rings. The van der Waals surface area contributed by atoms with Crippen molar-refractivity contribution in [3.63, 3.8) is 0 Å². The minimum absolute atomic E-state index is 0.321. The van der Waals surface area contributed by atoms with E-state index in [2.05, 4.69) is 83.1 Å². The van der Waals surface area contributed by atoms with E-state index in [9.17, 15) is 0 Å². The van der Waals surface area contributed by atoms with Gasteiger partial charge in [-0.2, -0.15) is 9.97 Å². The lowest BCUT2D eigenvalue weighted by Crippen LogP contribution is -2.34. The van der Waals surface area contributed by atoms with Crippen molar-refractivity contribution in [2.45, 2.75) is 66.5 Å². The van der Waals surface area contributed by atoms with E-state index in [-0.39, 0.29) is 0 Å². The number of nitrogens with zero attached hydrogens (tertiary/aromatic N) is 5. The average molecular weight is 458 g/mol. The van der Waals surface area contributed by atoms with Gasteiger partial charge in [-0.15, -0.1) is 0 Å². The number of hydrazine groups is 1. The standard InChI is InChI=1S/C23H39N9O/c1-7-32(8-2)10-9-24-20-13-21(26-22-12-18(15(3)4)29-30-22)28-23(27-20)25-14-17-11-19(16(5)6)31-33-17/h11,13,15-16,18,29H,7-10,12,14H2,1-6H3,(H3,24,25,26,27,28,30). The summed E-state index contributed by atoms with van der Waals surface area (Å²) in [6, 6.07) is 4.21. The number of anilines is 2. The zero-order valence-corrected chi connectivity index (χ0v) is 20.8. The Labute approximate surface area is 197 Å². The monoisotopic (exact) mass is 457 g/mol. The number of aliphatic imine (C=N–C) groups is 1. The van der Waals surface area contributed by atoms with Crippen molar-refractivity contribution in [3.05, 3.63) is 23.6 Å². The van der Waals surface area contributed by atoms with Gasteiger partial charge in [0, 0.05) is 37.7 Å². The predicted octanol–water partition coefficient (Wildman–Crippen LogP) is 3.51. The second kappa shape index (κ2) is 11.9. The van der Waals surface area contributed by atoms with Crippen molar-refractivity contribution >= 4 is 23.4 Å². The maximum absolute atomic E-state index is 5.43. The minimum atomic E-state index is 0.321. The summed E-state index contributed by atoms with van der Waals surface area (Å²) in [6.07, 6.45) is 0.838. The molecule has 10 heteroatoms. The molecule has 0 aromatic carbocycles. The topological polar surface area (TPSA) is 116 Å². The van der Waals surface area contributed by atoms with E-state index in [1.807, 2.05) is 12.1 Å². The Morgan fingerprint density at radius 1 is 1.15 bits per heavy atom. The molecule has 182 valence electrons. The second-order valence-electron chi connectivity index (χ2n) is 9.00. The molecule has 0 bridgehead atoms. The Balaban J connectivity index is 1.73. The first-order chi connectivity index (χ1) is 15.9. The molecule has 3 rings (SSSR count). The number of rotatable bonds is 12. The van der Waals surface area contributed by atoms with Crippen LogP contribution in [-0.4, -0.2) is 58.1 Å². The van der Waals surface area contributed by atoms with Crippen LogP contribution in [0.2, 0.25) is 0 Å². The molecule has 0 amide bonds. The number of hydrogen-bond donors (Lipinski definition) is 4. The summed E-state index contributed by atoms with van der Waals surface area (Å²) < 4.78 is 5.43. The molecule has 3 heterocycles. The fraction of sp³-hybridized carbons (Fsp3) is 0.652. The highest BCUT2D eigenvalue weighted by Gasteiger charge is 2.22. The quantitative estimate of drug-likeness (QED) is 0.380. The molecule has 1 saturated heterocycles. The smallest absolute Gasteiger partial charge is 0.227 e. The van der Waals surface area contributed by atoms with Crippen LogP contribution in [0.15, 0.2) is 21.6 Å². The van der Waals surface area contributed by atoms with Gasteiger partial charge in [0.25, 0.3) is 0 Å². The third-order valence-corrected chi connectivity index (χ3v) is 5.80. The maximum atomic E-state index is 5.43. The van der Waals surface area contributed by atoms with Crippen molar-refractivity contribution in [1.82, 2.24) is 30.9 Å². The van der Waals surface area contributed by atoms with Crippen LogP contribution in [0, 0.1) is 5.92 Å². The van der Waals surface area contributed by atoms with Gasteiger partial charge in [0.05, 0.1) is 12.2 Å². The van der Waals surface area contributed by atoms with Gasteiger partial charge in [-0.1, -0.05) is 46.7 Å². The van der Waals surface area contributed by atoms with E-state index >= 15 is 0 Å². The lowest BCUT2D eigenvalue weighted by molar-refractivity contribution is 0.316. The molecule has 2 aromatic rings. The van der Waals surface area contributed by atoms with E-state index in [4.69, 9.17) is 9.52 Å². The summed E-state index contributed by atoms with van der Waals surface area (Å²) in [7, 11) is 0. The SMILES string of the molecule is CCN(CC)CCNc1cc(N=C2CC(C(C)C)NN2)nc(NCc2cc(C(C)C)no2)n1. The van der Waals surface area contributed by atoms with Gasteiger partial charge in [0.1, 0.15) is 11.7 Å². The molecule has 0 saturated carbocycles. The largest absolute Gasteiger partial charge is 0.369 e. The molecule has 0 aliphatic carbocycles. The van der Waals surface area contributed by atoms with Crippen LogP contribution >= 0.6 is 0 Å². The van der Waals surface area contributed by atoms with Gasteiger partial charge >= 0.3 is 0 Å². The van der Waals surface area contributed by atoms with Crippen LogP contribution in [0.5, 0.6) is 0 Å². The fourth-order valence-electron chi connectivity index (χ4n) is 3.49. The van der Waals surface area contributed by atoms with Gasteiger partial charge in [-0.05, 0) is 24.9 Å². The van der Waals surface area contributed by atoms with Gasteiger partial charge < -0.3 is 25.5 Å². The summed E-state index contributed by atoms with van der Waals surface area (Å²) >= 11 is 0. The van der Waals surface area contributed by atoms with E-state index in [0.717, 1.165) is 55.7 Å². The van der Waals surface area contributed by atoms with Gasteiger partial charge in [0.2, 0.25) is 5.95 Å². The van der Waals surface area contributed by atoms with E-state index in [1.54, 1.807) is 0 Å². The molecule has 4 N–H and O–H groups in total. The first kappa shape index (κ1) is 24.9. The molecule has 10 nitrogen and oxygen atoms in total. The first-order valence-corrected chi connectivity index (χ1v) is 12.0. The Morgan fingerprint density at radius 2 is 1.94 bits per heavy atom. The normalized spacial score (nSPS) is 17.4. The zero-order chi connectivity index (χ0) is 23.8. The van der Waals surface area contributed by atoms with Crippen LogP contribution in [-0.2, 0) is 6.54 Å². The summed E-state index contributed by atoms with van der Waals surface area (Å²) in [5.41, 5.74) is 7.42. The number of hydrogen-bond acceptors (Lipinski definition) is 9. The number of aromatic nitrogens is 3. The van der Waals surface area contributed by atoms with Gasteiger partial charge in [-0.25, -0.2) is 10.4 Å². The minimum Gasteiger partial charge on any atom is -0.369 e. The first-order valence-electron chi connectivity index (χ1n) is 12.0. The van der Waals surface area contributed by atoms with E-state index in [1.165, 1.54) is 0 Å². The van der Waals surface area contributed by atoms with Crippen molar-refractivity contribution in [2.24, 2.45) is 10.9 Å². The fourth-order valence-corrected chi connectivity index (χ4v) is 3.49. The molecule has 0 spiro atoms. The lowest BCUT2D eigenvalue weighted by atomic mass is 10.0. The Morgan fingerprint density at radius 3 is 2.58 bits per heavy atom. The summed E-state index contributed by atoms with van der Waals surface area (Å²) in [6.45, 7) is 17.2. The molecule has 2 aromatic heterocycles. The highest BCUT2D eigenvalue weighted by atomic mass is 16.5. The lowest BCUT2D eigenvalue weighted by Gasteiger charge is -2.18. The van der Waals surface area contributed by atoms with Crippen LogP contribution in [0.4, 0.5) is 17.6 Å². The Kier molecular flexibility index (Phi) is 9.02. The van der Waals surface area contributed by atoms with Crippen molar-refractivity contribution in [2.75, 3.05) is 36.8 Å². The average Bonchev–Trinajstić information content (AvgIpc) is 3.45. The van der Waals surface area contributed by atoms with Crippen LogP contribution in [0.1, 0.15) is 65.3 Å². The van der Waals surface area contributed by atoms with Gasteiger partial charge in [-0.3, -0.25) is 0 Å². The molecule has 0 radical (unpaired) electrons. The van der Waals surface area contributed by atoms with Gasteiger partial charge in [0.15, 0.2) is 11.6 Å². The number of likely N-dealkylation sites (N-methyl/N-ethyl adjacent to an activating group) is 1. The molecular formula is C23H39N9O. The van der Waals surface area contributed by atoms with Crippen molar-refractivity contribution in [1.29, 1.82) is 0 Å². The summed E-state index contributed by atoms with van der Waals surface area (Å²) in [5.74, 6) is 4.30. The summed E-state index contributed by atoms with van der Waals surface area (Å²) in [4.78, 5) is 16.3. The van der Waals surface area contributed by atoms with E-state index in [0.29, 0.717) is 36.2 Å². The summed E-state index contributed by atoms with van der Waals surface area (Å²) in [5, 5.41) is 10.8. The third kappa shape index (κ3) is 7.40. The predicted molar refractivity (Wildman–Crippen MR) is 133 cm³/mol. The molecule has 1 unspecified atom stereocenters. The van der Waals surface area contributed by atoms with E-state index < -0.39 is 0 Å². The Bertz CT molecular complexity index is 905. The zero-order valence-electron chi connectivity index (χ0n) is 20.8. The number of nitrogens with one attached hydrogen (secondary N) is 4. The third-order valence-electron chi connectivity index (χ3n) is 5.80. The van der Waals surface area contributed by atoms with Crippen molar-refractivity contribution in [3.8, 4) is 0 Å². The molecular weight excluding hydrogens is 418 g/mol. The molecule has 1 aliphatic heterocycles. The molecule has 1 aliphatic rings. The number of amidine groups is 1. The highest BCUT2D eigenvalue weighted by molar-refractivity contribution is 5.86. The second-order valence-corrected chi connectivity index (χ2v) is 9.00. The molecule has 1 atom stereocenters. The maximum Gasteiger partial charge on any atom is 0.227 e. The highest BCUT2D eigenvalue weighted by Crippen LogP contribution is 2.20. The van der Waals surface area contributed by atoms with Crippen LogP contribution < -0.4 is 21.5 Å². The van der Waals surface area contributed by atoms with Crippen LogP contribution in [0.3, 0.4) is 0 Å². The van der Waals surface area contributed by atoms with Crippen LogP contribution in [0.25, 0.3) is 0 Å². The Hall–Kier alpha value is -2.72. The van der Waals surface area contributed by atoms with Crippen molar-refractivity contribution < 1.29 is 4.52 Å². The molecule has 33 heavy (non-hydrogen) atoms.